The summed E-state index contributed by atoms with van der Waals surface area (Å²) in [4.78, 5) is 2.54. The third kappa shape index (κ3) is 4.98. The fourth-order valence-corrected chi connectivity index (χ4v) is 5.45. The van der Waals surface area contributed by atoms with Crippen LogP contribution in [-0.4, -0.2) is 40.3 Å². The zero-order valence-corrected chi connectivity index (χ0v) is 21.4. The van der Waals surface area contributed by atoms with Gasteiger partial charge < -0.3 is 14.4 Å². The van der Waals surface area contributed by atoms with Crippen molar-refractivity contribution < 1.29 is 14.2 Å². The third-order valence-electron chi connectivity index (χ3n) is 7.69. The van der Waals surface area contributed by atoms with E-state index in [4.69, 9.17) is 4.74 Å². The first-order valence-corrected chi connectivity index (χ1v) is 13.0. The molecule has 0 radical (unpaired) electrons. The van der Waals surface area contributed by atoms with E-state index in [1.165, 1.54) is 38.1 Å². The lowest BCUT2D eigenvalue weighted by Crippen LogP contribution is -2.35. The van der Waals surface area contributed by atoms with Crippen molar-refractivity contribution in [3.8, 4) is 22.8 Å². The molecule has 0 amide bonds. The molecule has 0 saturated carbocycles. The predicted octanol–water partition coefficient (Wildman–Crippen LogP) is 7.01. The first-order chi connectivity index (χ1) is 17.4. The van der Waals surface area contributed by atoms with E-state index >= 15 is 0 Å². The van der Waals surface area contributed by atoms with Gasteiger partial charge in [-0.3, -0.25) is 4.90 Å². The number of ether oxygens (including phenoxy) is 1. The summed E-state index contributed by atoms with van der Waals surface area (Å²) in [5.74, 6) is 1.69. The number of phenols is 1. The normalized spacial score (nSPS) is 17.1. The van der Waals surface area contributed by atoms with Crippen molar-refractivity contribution in [2.24, 2.45) is 5.92 Å². The van der Waals surface area contributed by atoms with Gasteiger partial charge in [0.15, 0.2) is 0 Å². The van der Waals surface area contributed by atoms with Crippen LogP contribution < -0.4 is 4.74 Å². The minimum atomic E-state index is -0.253. The Morgan fingerprint density at radius 1 is 1.06 bits per heavy atom. The largest absolute Gasteiger partial charge is 0.508 e. The molecule has 36 heavy (non-hydrogen) atoms. The number of phenolic OH excluding ortho intramolecular Hbond substituents is 1. The summed E-state index contributed by atoms with van der Waals surface area (Å²) in [7, 11) is 0. The molecule has 0 unspecified atom stereocenters. The van der Waals surface area contributed by atoms with Crippen LogP contribution in [0.25, 0.3) is 22.2 Å². The number of aromatic nitrogens is 1. The van der Waals surface area contributed by atoms with E-state index in [1.807, 2.05) is 30.3 Å². The summed E-state index contributed by atoms with van der Waals surface area (Å²) in [6.45, 7) is 10.3. The molecule has 1 fully saturated rings. The van der Waals surface area contributed by atoms with Crippen molar-refractivity contribution in [2.45, 2.75) is 46.2 Å². The molecule has 188 valence electrons. The summed E-state index contributed by atoms with van der Waals surface area (Å²) in [6, 6.07) is 20.8. The van der Waals surface area contributed by atoms with Gasteiger partial charge in [-0.05, 0) is 104 Å². The van der Waals surface area contributed by atoms with Gasteiger partial charge in [0.1, 0.15) is 23.9 Å². The van der Waals surface area contributed by atoms with E-state index in [2.05, 4.69) is 42.4 Å². The lowest BCUT2D eigenvalue weighted by molar-refractivity contribution is 0.168. The second kappa shape index (κ2) is 10.4. The van der Waals surface area contributed by atoms with Gasteiger partial charge in [-0.2, -0.15) is 0 Å². The Balaban J connectivity index is 1.35. The lowest BCUT2D eigenvalue weighted by Gasteiger charge is -2.24. The highest BCUT2D eigenvalue weighted by Crippen LogP contribution is 2.36. The van der Waals surface area contributed by atoms with Crippen molar-refractivity contribution in [3.63, 3.8) is 0 Å². The smallest absolute Gasteiger partial charge is 0.123 e. The van der Waals surface area contributed by atoms with Gasteiger partial charge in [0.25, 0.3) is 0 Å². The summed E-state index contributed by atoms with van der Waals surface area (Å²) in [6.07, 6.45) is 2.55. The highest BCUT2D eigenvalue weighted by molar-refractivity contribution is 5.92. The number of benzene rings is 3. The molecule has 2 heterocycles. The van der Waals surface area contributed by atoms with Gasteiger partial charge >= 0.3 is 0 Å². The molecule has 1 aromatic heterocycles. The second-order valence-electron chi connectivity index (χ2n) is 10.1. The Morgan fingerprint density at radius 3 is 2.50 bits per heavy atom. The molecular weight excluding hydrogens is 451 g/mol. The van der Waals surface area contributed by atoms with Crippen LogP contribution in [0.4, 0.5) is 4.39 Å². The number of likely N-dealkylation sites (tertiary alicyclic amines) is 1. The third-order valence-corrected chi connectivity index (χ3v) is 7.69. The molecular formula is C31H35FN2O2. The van der Waals surface area contributed by atoms with Crippen LogP contribution in [0.3, 0.4) is 0 Å². The van der Waals surface area contributed by atoms with E-state index in [-0.39, 0.29) is 11.6 Å². The molecule has 1 saturated heterocycles. The quantitative estimate of drug-likeness (QED) is 0.291. The summed E-state index contributed by atoms with van der Waals surface area (Å²) in [5.41, 5.74) is 5.23. The number of fused-ring (bicyclic) bond motifs is 1. The van der Waals surface area contributed by atoms with E-state index in [0.717, 1.165) is 45.0 Å². The minimum Gasteiger partial charge on any atom is -0.508 e. The van der Waals surface area contributed by atoms with Crippen molar-refractivity contribution in [1.29, 1.82) is 0 Å². The highest BCUT2D eigenvalue weighted by Gasteiger charge is 2.25. The number of nitrogens with zero attached hydrogens (tertiary/aromatic N) is 2. The SMILES string of the molecule is CC[C@@H]1CCN([C@@H](C)COc2ccc(Cn3c(-c4ccc(F)cc4)c(C)c4cc(O)ccc43)cc2)C1. The maximum absolute atomic E-state index is 13.6. The fraction of sp³-hybridized carbons (Fsp3) is 0.355. The highest BCUT2D eigenvalue weighted by atomic mass is 19.1. The van der Waals surface area contributed by atoms with Crippen molar-refractivity contribution >= 4 is 10.9 Å². The molecule has 3 aromatic carbocycles. The number of aromatic hydroxyl groups is 1. The number of hydrogen-bond donors (Lipinski definition) is 1. The Morgan fingerprint density at radius 2 is 1.81 bits per heavy atom. The van der Waals surface area contributed by atoms with Gasteiger partial charge in [0.05, 0.1) is 5.69 Å². The van der Waals surface area contributed by atoms with Gasteiger partial charge in [0.2, 0.25) is 0 Å². The lowest BCUT2D eigenvalue weighted by atomic mass is 10.1. The zero-order valence-electron chi connectivity index (χ0n) is 21.4. The molecule has 0 bridgehead atoms. The van der Waals surface area contributed by atoms with Crippen LogP contribution in [0.5, 0.6) is 11.5 Å². The maximum atomic E-state index is 13.6. The molecule has 1 N–H and O–H groups in total. The van der Waals surface area contributed by atoms with E-state index in [9.17, 15) is 9.50 Å². The van der Waals surface area contributed by atoms with Gasteiger partial charge in [-0.1, -0.05) is 25.5 Å². The van der Waals surface area contributed by atoms with Crippen LogP contribution in [0.1, 0.15) is 37.8 Å². The Bertz CT molecular complexity index is 1330. The minimum absolute atomic E-state index is 0.239. The average molecular weight is 487 g/mol. The molecule has 0 spiro atoms. The monoisotopic (exact) mass is 486 g/mol. The number of rotatable bonds is 8. The van der Waals surface area contributed by atoms with E-state index < -0.39 is 0 Å². The molecule has 5 heteroatoms. The van der Waals surface area contributed by atoms with Crippen LogP contribution in [0, 0.1) is 18.7 Å². The van der Waals surface area contributed by atoms with Crippen LogP contribution in [0.15, 0.2) is 66.7 Å². The second-order valence-corrected chi connectivity index (χ2v) is 10.1. The van der Waals surface area contributed by atoms with Gasteiger partial charge in [-0.15, -0.1) is 0 Å². The van der Waals surface area contributed by atoms with Crippen molar-refractivity contribution in [2.75, 3.05) is 19.7 Å². The molecule has 1 aliphatic heterocycles. The fourth-order valence-electron chi connectivity index (χ4n) is 5.45. The molecule has 4 nitrogen and oxygen atoms in total. The number of aryl methyl sites for hydroxylation is 1. The summed E-state index contributed by atoms with van der Waals surface area (Å²) in [5, 5.41) is 11.1. The molecule has 5 rings (SSSR count). The molecule has 1 aliphatic rings. The van der Waals surface area contributed by atoms with Crippen molar-refractivity contribution in [1.82, 2.24) is 9.47 Å². The van der Waals surface area contributed by atoms with Crippen molar-refractivity contribution in [3.05, 3.63) is 83.7 Å². The summed E-state index contributed by atoms with van der Waals surface area (Å²) < 4.78 is 22.0. The standard InChI is InChI=1S/C31H35FN2O2/c1-4-23-15-16-33(18-23)21(2)20-36-28-12-5-24(6-13-28)19-34-30-14-11-27(35)17-29(30)22(3)31(34)25-7-9-26(32)10-8-25/h5-14,17,21,23,35H,4,15-16,18-20H2,1-3H3/t21-,23+/m0/s1. The first kappa shape index (κ1) is 24.4. The predicted molar refractivity (Wildman–Crippen MR) is 144 cm³/mol. The van der Waals surface area contributed by atoms with Crippen LogP contribution in [0.2, 0.25) is 0 Å². The average Bonchev–Trinajstić information content (AvgIpc) is 3.47. The van der Waals surface area contributed by atoms with E-state index in [1.54, 1.807) is 12.1 Å². The summed E-state index contributed by atoms with van der Waals surface area (Å²) >= 11 is 0. The topological polar surface area (TPSA) is 37.6 Å². The van der Waals surface area contributed by atoms with Gasteiger partial charge in [-0.25, -0.2) is 4.39 Å². The Kier molecular flexibility index (Phi) is 7.01. The first-order valence-electron chi connectivity index (χ1n) is 13.0. The van der Waals surface area contributed by atoms with Gasteiger partial charge in [0, 0.05) is 30.0 Å². The zero-order chi connectivity index (χ0) is 25.2. The van der Waals surface area contributed by atoms with Crippen LogP contribution in [-0.2, 0) is 6.54 Å². The number of hydrogen-bond acceptors (Lipinski definition) is 3. The molecule has 4 aromatic rings. The number of halogens is 1. The Labute approximate surface area is 212 Å². The molecule has 0 aliphatic carbocycles. The van der Waals surface area contributed by atoms with Crippen LogP contribution >= 0.6 is 0 Å². The Hall–Kier alpha value is -3.31. The molecule has 2 atom stereocenters. The van der Waals surface area contributed by atoms with E-state index in [0.29, 0.717) is 19.2 Å². The maximum Gasteiger partial charge on any atom is 0.123 e.